The first-order valence-electron chi connectivity index (χ1n) is 8.97. The maximum absolute atomic E-state index is 10.1. The van der Waals surface area contributed by atoms with Gasteiger partial charge in [0.15, 0.2) is 0 Å². The molecule has 0 heterocycles. The molecule has 0 bridgehead atoms. The third-order valence-electron chi connectivity index (χ3n) is 3.98. The molecule has 0 atom stereocenters. The van der Waals surface area contributed by atoms with E-state index >= 15 is 0 Å². The third-order valence-corrected chi connectivity index (χ3v) is 3.98. The van der Waals surface area contributed by atoms with Crippen molar-refractivity contribution in [2.24, 2.45) is 0 Å². The quantitative estimate of drug-likeness (QED) is 0.389. The molecule has 0 aromatic carbocycles. The molecule has 1 aliphatic carbocycles. The Morgan fingerprint density at radius 3 is 1.38 bits per heavy atom. The molecule has 0 N–H and O–H groups in total. The van der Waals surface area contributed by atoms with Crippen molar-refractivity contribution in [3.05, 3.63) is 0 Å². The Balaban J connectivity index is 0. The van der Waals surface area contributed by atoms with Crippen LogP contribution in [0.3, 0.4) is 0 Å². The second kappa shape index (κ2) is 20.2. The van der Waals surface area contributed by atoms with Gasteiger partial charge < -0.3 is 9.90 Å². The molecule has 0 saturated heterocycles. The van der Waals surface area contributed by atoms with Crippen molar-refractivity contribution < 1.29 is 32.3 Å². The minimum absolute atomic E-state index is 0. The molecule has 0 aliphatic heterocycles. The third kappa shape index (κ3) is 22.6. The molecule has 1 rings (SSSR count). The topological polar surface area (TPSA) is 40.1 Å². The van der Waals surface area contributed by atoms with Crippen LogP contribution in [0.4, 0.5) is 0 Å². The van der Waals surface area contributed by atoms with E-state index < -0.39 is 5.97 Å². The molecule has 0 unspecified atom stereocenters. The predicted molar refractivity (Wildman–Crippen MR) is 84.6 cm³/mol. The second-order valence-corrected chi connectivity index (χ2v) is 6.07. The molecule has 0 spiro atoms. The van der Waals surface area contributed by atoms with Crippen LogP contribution < -0.4 is 5.11 Å². The first-order valence-corrected chi connectivity index (χ1v) is 8.97. The maximum Gasteiger partial charge on any atom is 1.00 e. The van der Waals surface area contributed by atoms with Gasteiger partial charge in [0, 0.05) is 5.97 Å². The van der Waals surface area contributed by atoms with Crippen LogP contribution in [-0.4, -0.2) is 5.97 Å². The Morgan fingerprint density at radius 1 is 0.714 bits per heavy atom. The average Bonchev–Trinajstić information content (AvgIpc) is 2.48. The van der Waals surface area contributed by atoms with E-state index in [4.69, 9.17) is 0 Å². The molecular weight excluding hydrogens is 356 g/mol. The van der Waals surface area contributed by atoms with E-state index in [1.807, 2.05) is 0 Å². The SMILES string of the molecule is C1CCCCC1.CCCCCCCCCCCC(=O)[O-].[Ag+]. The van der Waals surface area contributed by atoms with Gasteiger partial charge in [0.25, 0.3) is 0 Å². The van der Waals surface area contributed by atoms with Crippen LogP contribution in [0.25, 0.3) is 0 Å². The molecule has 0 aromatic rings. The average molecular weight is 391 g/mol. The van der Waals surface area contributed by atoms with Crippen molar-refractivity contribution in [2.45, 2.75) is 110 Å². The van der Waals surface area contributed by atoms with Crippen LogP contribution in [-0.2, 0) is 27.2 Å². The van der Waals surface area contributed by atoms with Gasteiger partial charge in [-0.2, -0.15) is 0 Å². The van der Waals surface area contributed by atoms with Gasteiger partial charge in [-0.05, 0) is 12.8 Å². The zero-order valence-corrected chi connectivity index (χ0v) is 15.4. The van der Waals surface area contributed by atoms with Gasteiger partial charge >= 0.3 is 22.4 Å². The summed E-state index contributed by atoms with van der Waals surface area (Å²) in [7, 11) is 0. The largest absolute Gasteiger partial charge is 1.00 e. The summed E-state index contributed by atoms with van der Waals surface area (Å²) >= 11 is 0. The second-order valence-electron chi connectivity index (χ2n) is 6.07. The number of rotatable bonds is 10. The normalized spacial score (nSPS) is 13.8. The van der Waals surface area contributed by atoms with Crippen LogP contribution in [0.5, 0.6) is 0 Å². The zero-order chi connectivity index (χ0) is 14.9. The van der Waals surface area contributed by atoms with Gasteiger partial charge in [0.2, 0.25) is 0 Å². The first-order chi connectivity index (χ1) is 9.77. The number of aliphatic carboxylic acids is 1. The van der Waals surface area contributed by atoms with Crippen molar-refractivity contribution >= 4 is 5.97 Å². The van der Waals surface area contributed by atoms with Crippen molar-refractivity contribution in [1.29, 1.82) is 0 Å². The van der Waals surface area contributed by atoms with E-state index in [9.17, 15) is 9.90 Å². The molecule has 0 aromatic heterocycles. The Hall–Kier alpha value is 0.210. The van der Waals surface area contributed by atoms with E-state index in [1.165, 1.54) is 83.5 Å². The van der Waals surface area contributed by atoms with Crippen LogP contribution in [0, 0.1) is 0 Å². The minimum atomic E-state index is -0.909. The molecular formula is C18H35AgO2. The Morgan fingerprint density at radius 2 is 1.05 bits per heavy atom. The van der Waals surface area contributed by atoms with E-state index in [1.54, 1.807) is 0 Å². The van der Waals surface area contributed by atoms with E-state index in [0.29, 0.717) is 0 Å². The van der Waals surface area contributed by atoms with Crippen molar-refractivity contribution in [3.8, 4) is 0 Å². The summed E-state index contributed by atoms with van der Waals surface area (Å²) in [5, 5.41) is 10.1. The van der Waals surface area contributed by atoms with Crippen molar-refractivity contribution in [2.75, 3.05) is 0 Å². The number of carboxylic acids is 1. The smallest absolute Gasteiger partial charge is 0.550 e. The molecule has 21 heavy (non-hydrogen) atoms. The summed E-state index contributed by atoms with van der Waals surface area (Å²) in [6.45, 7) is 2.22. The van der Waals surface area contributed by atoms with Crippen LogP contribution >= 0.6 is 0 Å². The van der Waals surface area contributed by atoms with Gasteiger partial charge in [-0.25, -0.2) is 0 Å². The predicted octanol–water partition coefficient (Wildman–Crippen LogP) is 5.00. The van der Waals surface area contributed by atoms with Gasteiger partial charge in [0.1, 0.15) is 0 Å². The zero-order valence-electron chi connectivity index (χ0n) is 13.9. The van der Waals surface area contributed by atoms with Gasteiger partial charge in [-0.3, -0.25) is 0 Å². The van der Waals surface area contributed by atoms with Crippen LogP contribution in [0.15, 0.2) is 0 Å². The summed E-state index contributed by atoms with van der Waals surface area (Å²) in [4.78, 5) is 10.1. The molecule has 130 valence electrons. The summed E-state index contributed by atoms with van der Waals surface area (Å²) in [6, 6.07) is 0. The Kier molecular flexibility index (Phi) is 22.6. The summed E-state index contributed by atoms with van der Waals surface area (Å²) in [5.74, 6) is -0.909. The molecule has 2 nitrogen and oxygen atoms in total. The first kappa shape index (κ1) is 23.5. The summed E-state index contributed by atoms with van der Waals surface area (Å²) in [5.41, 5.74) is 0. The van der Waals surface area contributed by atoms with Crippen molar-refractivity contribution in [3.63, 3.8) is 0 Å². The van der Waals surface area contributed by atoms with Gasteiger partial charge in [0.05, 0.1) is 0 Å². The minimum Gasteiger partial charge on any atom is -0.550 e. The monoisotopic (exact) mass is 390 g/mol. The van der Waals surface area contributed by atoms with Crippen LogP contribution in [0.2, 0.25) is 0 Å². The molecule has 0 amide bonds. The van der Waals surface area contributed by atoms with E-state index in [0.717, 1.165) is 12.8 Å². The number of carbonyl (C=O) groups is 1. The fraction of sp³-hybridized carbons (Fsp3) is 0.944. The number of unbranched alkanes of at least 4 members (excludes halogenated alkanes) is 8. The number of carboxylic acid groups (broad SMARTS) is 1. The Labute approximate surface area is 148 Å². The number of hydrogen-bond acceptors (Lipinski definition) is 2. The van der Waals surface area contributed by atoms with Gasteiger partial charge in [-0.1, -0.05) is 96.8 Å². The molecule has 1 aliphatic rings. The van der Waals surface area contributed by atoms with Gasteiger partial charge in [-0.15, -0.1) is 0 Å². The van der Waals surface area contributed by atoms with Crippen LogP contribution in [0.1, 0.15) is 110 Å². The van der Waals surface area contributed by atoms with E-state index in [-0.39, 0.29) is 28.8 Å². The fourth-order valence-electron chi connectivity index (χ4n) is 2.64. The van der Waals surface area contributed by atoms with Crippen molar-refractivity contribution in [1.82, 2.24) is 0 Å². The molecule has 1 fully saturated rings. The summed E-state index contributed by atoms with van der Waals surface area (Å²) in [6.07, 6.45) is 20.2. The number of carbonyl (C=O) groups excluding carboxylic acids is 1. The standard InChI is InChI=1S/C12H24O2.C6H12.Ag/c1-2-3-4-5-6-7-8-9-10-11-12(13)14;1-2-4-6-5-3-1;/h2-11H2,1H3,(H,13,14);1-6H2;/q;;+1/p-1. The fourth-order valence-corrected chi connectivity index (χ4v) is 2.64. The maximum atomic E-state index is 10.1. The Bertz CT molecular complexity index is 192. The molecule has 3 heteroatoms. The summed E-state index contributed by atoms with van der Waals surface area (Å²) < 4.78 is 0. The molecule has 1 saturated carbocycles. The van der Waals surface area contributed by atoms with E-state index in [2.05, 4.69) is 6.92 Å². The molecule has 0 radical (unpaired) electrons. The number of hydrogen-bond donors (Lipinski definition) is 0.